The number of nitrogens with one attached hydrogen (secondary N) is 1. The van der Waals surface area contributed by atoms with Gasteiger partial charge in [-0.3, -0.25) is 14.9 Å². The van der Waals surface area contributed by atoms with Crippen molar-refractivity contribution in [2.75, 3.05) is 33.2 Å². The number of non-ortho nitro benzene ring substituents is 1. The number of carbonyl (C=O) groups is 1. The molecule has 27 heavy (non-hydrogen) atoms. The molecule has 0 fully saturated rings. The highest BCUT2D eigenvalue weighted by Crippen LogP contribution is 2.27. The van der Waals surface area contributed by atoms with Gasteiger partial charge >= 0.3 is 0 Å². The highest BCUT2D eigenvalue weighted by atomic mass is 16.6. The van der Waals surface area contributed by atoms with Gasteiger partial charge in [0.25, 0.3) is 11.6 Å². The molecule has 1 amide bonds. The van der Waals surface area contributed by atoms with Gasteiger partial charge in [-0.15, -0.1) is 0 Å². The van der Waals surface area contributed by atoms with E-state index in [2.05, 4.69) is 10.5 Å². The molecule has 0 saturated heterocycles. The molecule has 0 radical (unpaired) electrons. The van der Waals surface area contributed by atoms with Crippen molar-refractivity contribution >= 4 is 23.5 Å². The number of hydrazone groups is 1. The molecule has 2 aromatic carbocycles. The highest BCUT2D eigenvalue weighted by molar-refractivity contribution is 5.96. The van der Waals surface area contributed by atoms with Crippen LogP contribution >= 0.6 is 0 Å². The number of hydrogen-bond donors (Lipinski definition) is 1. The minimum atomic E-state index is -0.487. The standard InChI is InChI=1S/C18H20N4O5/c1-21(2)15-7-6-14(22(24)25)9-13(15)11-19-20-18(23)12-5-8-16(26-3)17(10-12)27-4/h5-11H,1-4H3,(H,20,23)/b19-11-. The van der Waals surface area contributed by atoms with Crippen LogP contribution in [0.15, 0.2) is 41.5 Å². The zero-order chi connectivity index (χ0) is 20.0. The number of methoxy groups -OCH3 is 2. The van der Waals surface area contributed by atoms with E-state index < -0.39 is 10.8 Å². The van der Waals surface area contributed by atoms with Crippen LogP contribution in [0.4, 0.5) is 11.4 Å². The number of benzene rings is 2. The summed E-state index contributed by atoms with van der Waals surface area (Å²) in [5, 5.41) is 14.9. The van der Waals surface area contributed by atoms with Crippen LogP contribution in [0, 0.1) is 10.1 Å². The van der Waals surface area contributed by atoms with Gasteiger partial charge in [-0.25, -0.2) is 5.43 Å². The summed E-state index contributed by atoms with van der Waals surface area (Å²) in [6.45, 7) is 0. The summed E-state index contributed by atoms with van der Waals surface area (Å²) in [6.07, 6.45) is 1.36. The number of rotatable bonds is 7. The molecule has 0 unspecified atom stereocenters. The number of ether oxygens (including phenoxy) is 2. The third-order valence-electron chi connectivity index (χ3n) is 3.72. The van der Waals surface area contributed by atoms with Crippen molar-refractivity contribution in [3.63, 3.8) is 0 Å². The number of amides is 1. The summed E-state index contributed by atoms with van der Waals surface area (Å²) in [5.41, 5.74) is 3.89. The van der Waals surface area contributed by atoms with E-state index in [1.54, 1.807) is 37.2 Å². The number of carbonyl (C=O) groups excluding carboxylic acids is 1. The summed E-state index contributed by atoms with van der Waals surface area (Å²) in [6, 6.07) is 9.14. The molecule has 0 saturated carbocycles. The van der Waals surface area contributed by atoms with Gasteiger partial charge in [0.2, 0.25) is 0 Å². The largest absolute Gasteiger partial charge is 0.493 e. The van der Waals surface area contributed by atoms with Crippen molar-refractivity contribution < 1.29 is 19.2 Å². The van der Waals surface area contributed by atoms with Crippen molar-refractivity contribution in [2.45, 2.75) is 0 Å². The molecular weight excluding hydrogens is 352 g/mol. The third-order valence-corrected chi connectivity index (χ3v) is 3.72. The minimum Gasteiger partial charge on any atom is -0.493 e. The lowest BCUT2D eigenvalue weighted by atomic mass is 10.1. The van der Waals surface area contributed by atoms with Crippen molar-refractivity contribution in [3.8, 4) is 11.5 Å². The summed E-state index contributed by atoms with van der Waals surface area (Å²) < 4.78 is 10.3. The number of nitro benzene ring substituents is 1. The maximum Gasteiger partial charge on any atom is 0.271 e. The van der Waals surface area contributed by atoms with E-state index in [0.717, 1.165) is 5.69 Å². The maximum absolute atomic E-state index is 12.3. The zero-order valence-corrected chi connectivity index (χ0v) is 15.4. The van der Waals surface area contributed by atoms with E-state index in [1.165, 1.54) is 38.6 Å². The fourth-order valence-corrected chi connectivity index (χ4v) is 2.37. The Bertz CT molecular complexity index is 880. The molecule has 0 bridgehead atoms. The molecule has 2 rings (SSSR count). The van der Waals surface area contributed by atoms with Gasteiger partial charge in [0.1, 0.15) is 0 Å². The maximum atomic E-state index is 12.3. The average Bonchev–Trinajstić information content (AvgIpc) is 2.66. The lowest BCUT2D eigenvalue weighted by molar-refractivity contribution is -0.384. The van der Waals surface area contributed by atoms with Crippen LogP contribution in [0.1, 0.15) is 15.9 Å². The van der Waals surface area contributed by atoms with E-state index in [4.69, 9.17) is 9.47 Å². The van der Waals surface area contributed by atoms with Gasteiger partial charge in [0, 0.05) is 43.0 Å². The number of anilines is 1. The van der Waals surface area contributed by atoms with Gasteiger partial charge < -0.3 is 14.4 Å². The summed E-state index contributed by atoms with van der Waals surface area (Å²) >= 11 is 0. The van der Waals surface area contributed by atoms with Gasteiger partial charge in [-0.2, -0.15) is 5.10 Å². The van der Waals surface area contributed by atoms with Crippen LogP contribution in [0.25, 0.3) is 0 Å². The molecule has 0 atom stereocenters. The van der Waals surface area contributed by atoms with Crippen LogP contribution < -0.4 is 19.8 Å². The predicted octanol–water partition coefficient (Wildman–Crippen LogP) is 2.44. The second-order valence-corrected chi connectivity index (χ2v) is 5.66. The number of nitrogens with zero attached hydrogens (tertiary/aromatic N) is 3. The lowest BCUT2D eigenvalue weighted by Crippen LogP contribution is -2.18. The first-order valence-corrected chi connectivity index (χ1v) is 7.88. The van der Waals surface area contributed by atoms with Crippen LogP contribution in [-0.2, 0) is 0 Å². The fourth-order valence-electron chi connectivity index (χ4n) is 2.37. The molecular formula is C18H20N4O5. The highest BCUT2D eigenvalue weighted by Gasteiger charge is 2.12. The Morgan fingerprint density at radius 2 is 1.85 bits per heavy atom. The zero-order valence-electron chi connectivity index (χ0n) is 15.4. The first-order valence-electron chi connectivity index (χ1n) is 7.88. The van der Waals surface area contributed by atoms with Crippen LogP contribution in [0.2, 0.25) is 0 Å². The number of nitro groups is 1. The summed E-state index contributed by atoms with van der Waals surface area (Å²) in [4.78, 5) is 24.5. The van der Waals surface area contributed by atoms with Gasteiger partial charge in [0.15, 0.2) is 11.5 Å². The first-order chi connectivity index (χ1) is 12.9. The number of hydrogen-bond acceptors (Lipinski definition) is 7. The molecule has 0 spiro atoms. The second-order valence-electron chi connectivity index (χ2n) is 5.66. The molecule has 142 valence electrons. The fraction of sp³-hybridized carbons (Fsp3) is 0.222. The molecule has 0 heterocycles. The van der Waals surface area contributed by atoms with Gasteiger partial charge in [-0.05, 0) is 24.3 Å². The molecule has 0 aromatic heterocycles. The monoisotopic (exact) mass is 372 g/mol. The molecule has 0 aliphatic rings. The Morgan fingerprint density at radius 3 is 2.44 bits per heavy atom. The normalized spacial score (nSPS) is 10.5. The van der Waals surface area contributed by atoms with Crippen LogP contribution in [0.3, 0.4) is 0 Å². The third kappa shape index (κ3) is 4.72. The van der Waals surface area contributed by atoms with Gasteiger partial charge in [-0.1, -0.05) is 0 Å². The topological polar surface area (TPSA) is 106 Å². The van der Waals surface area contributed by atoms with Gasteiger partial charge in [0.05, 0.1) is 25.4 Å². The molecule has 0 aliphatic heterocycles. The summed E-state index contributed by atoms with van der Waals surface area (Å²) in [7, 11) is 6.59. The Balaban J connectivity index is 2.20. The molecule has 1 N–H and O–H groups in total. The van der Waals surface area contributed by atoms with E-state index in [9.17, 15) is 14.9 Å². The minimum absolute atomic E-state index is 0.0618. The SMILES string of the molecule is COc1ccc(C(=O)N/N=C\c2cc([N+](=O)[O-])ccc2N(C)C)cc1OC. The molecule has 9 nitrogen and oxygen atoms in total. The van der Waals surface area contributed by atoms with Crippen LogP contribution in [0.5, 0.6) is 11.5 Å². The first kappa shape index (κ1) is 19.7. The Labute approximate surface area is 156 Å². The van der Waals surface area contributed by atoms with E-state index in [-0.39, 0.29) is 5.69 Å². The Hall–Kier alpha value is -3.62. The quantitative estimate of drug-likeness (QED) is 0.454. The van der Waals surface area contributed by atoms with Crippen molar-refractivity contribution in [1.29, 1.82) is 0 Å². The van der Waals surface area contributed by atoms with Crippen molar-refractivity contribution in [2.24, 2.45) is 5.10 Å². The predicted molar refractivity (Wildman–Crippen MR) is 102 cm³/mol. The Morgan fingerprint density at radius 1 is 1.15 bits per heavy atom. The smallest absolute Gasteiger partial charge is 0.271 e. The molecule has 0 aliphatic carbocycles. The average molecular weight is 372 g/mol. The van der Waals surface area contributed by atoms with Crippen LogP contribution in [-0.4, -0.2) is 45.4 Å². The van der Waals surface area contributed by atoms with Crippen molar-refractivity contribution in [3.05, 3.63) is 57.6 Å². The van der Waals surface area contributed by atoms with E-state index in [1.807, 2.05) is 0 Å². The molecule has 9 heteroatoms. The van der Waals surface area contributed by atoms with E-state index >= 15 is 0 Å². The second kappa shape index (κ2) is 8.65. The Kier molecular flexibility index (Phi) is 6.32. The lowest BCUT2D eigenvalue weighted by Gasteiger charge is -2.14. The summed E-state index contributed by atoms with van der Waals surface area (Å²) in [5.74, 6) is 0.469. The molecule has 2 aromatic rings. The van der Waals surface area contributed by atoms with E-state index in [0.29, 0.717) is 22.6 Å². The van der Waals surface area contributed by atoms with Crippen molar-refractivity contribution in [1.82, 2.24) is 5.43 Å².